The number of carbonyl (C=O) groups excluding carboxylic acids is 2. The number of pyridine rings is 1. The summed E-state index contributed by atoms with van der Waals surface area (Å²) in [4.78, 5) is 34.2. The van der Waals surface area contributed by atoms with Gasteiger partial charge in [0.05, 0.1) is 18.1 Å². The predicted octanol–water partition coefficient (Wildman–Crippen LogP) is 2.93. The van der Waals surface area contributed by atoms with Gasteiger partial charge in [0.15, 0.2) is 0 Å². The molecule has 3 heterocycles. The molecule has 2 fully saturated rings. The predicted molar refractivity (Wildman–Crippen MR) is 143 cm³/mol. The lowest BCUT2D eigenvalue weighted by Gasteiger charge is -2.33. The highest BCUT2D eigenvalue weighted by Gasteiger charge is 2.45. The zero-order valence-electron chi connectivity index (χ0n) is 21.0. The normalized spacial score (nSPS) is 19.3. The molecule has 3 aromatic rings. The molecule has 2 amide bonds. The van der Waals surface area contributed by atoms with E-state index in [0.29, 0.717) is 36.9 Å². The Kier molecular flexibility index (Phi) is 7.67. The summed E-state index contributed by atoms with van der Waals surface area (Å²) in [6, 6.07) is 12.0. The van der Waals surface area contributed by atoms with Gasteiger partial charge in [-0.05, 0) is 60.0 Å². The highest BCUT2D eigenvalue weighted by molar-refractivity contribution is 7.89. The summed E-state index contributed by atoms with van der Waals surface area (Å²) < 4.78 is 34.7. The topological polar surface area (TPSA) is 100 Å². The van der Waals surface area contributed by atoms with Crippen molar-refractivity contribution >= 4 is 44.2 Å². The first-order valence-electron chi connectivity index (χ1n) is 12.5. The first-order chi connectivity index (χ1) is 18.3. The lowest BCUT2D eigenvalue weighted by atomic mass is 10.1. The molecule has 2 aliphatic heterocycles. The van der Waals surface area contributed by atoms with Crippen LogP contribution in [0, 0.1) is 0 Å². The van der Waals surface area contributed by atoms with Crippen LogP contribution in [0.5, 0.6) is 0 Å². The molecular formula is C27H29ClN4O5S. The van der Waals surface area contributed by atoms with Crippen molar-refractivity contribution < 1.29 is 22.7 Å². The molecule has 5 rings (SSSR count). The van der Waals surface area contributed by atoms with Crippen molar-refractivity contribution in [1.82, 2.24) is 19.1 Å². The third kappa shape index (κ3) is 5.26. The molecule has 2 atom stereocenters. The van der Waals surface area contributed by atoms with Crippen LogP contribution in [0.3, 0.4) is 0 Å². The second kappa shape index (κ2) is 11.0. The van der Waals surface area contributed by atoms with Crippen LogP contribution in [0.2, 0.25) is 5.02 Å². The fraction of sp³-hybridized carbons (Fsp3) is 0.370. The maximum Gasteiger partial charge on any atom is 0.245 e. The number of amides is 2. The van der Waals surface area contributed by atoms with Gasteiger partial charge < -0.3 is 14.5 Å². The Morgan fingerprint density at radius 2 is 1.87 bits per heavy atom. The van der Waals surface area contributed by atoms with E-state index in [9.17, 15) is 18.0 Å². The Morgan fingerprint density at radius 1 is 1.13 bits per heavy atom. The van der Waals surface area contributed by atoms with E-state index < -0.39 is 22.1 Å². The highest BCUT2D eigenvalue weighted by atomic mass is 35.5. The Balaban J connectivity index is 1.46. The average Bonchev–Trinajstić information content (AvgIpc) is 3.32. The molecule has 1 aromatic heterocycles. The quantitative estimate of drug-likeness (QED) is 0.444. The summed E-state index contributed by atoms with van der Waals surface area (Å²) in [6.07, 6.45) is 3.48. The molecule has 200 valence electrons. The van der Waals surface area contributed by atoms with Gasteiger partial charge in [0.25, 0.3) is 0 Å². The van der Waals surface area contributed by atoms with Gasteiger partial charge in [0, 0.05) is 43.6 Å². The van der Waals surface area contributed by atoms with E-state index in [1.165, 1.54) is 15.3 Å². The van der Waals surface area contributed by atoms with Crippen molar-refractivity contribution in [3.8, 4) is 0 Å². The largest absolute Gasteiger partial charge is 0.378 e. The molecule has 0 bridgehead atoms. The molecule has 11 heteroatoms. The Morgan fingerprint density at radius 3 is 2.61 bits per heavy atom. The first-order valence-corrected chi connectivity index (χ1v) is 14.3. The van der Waals surface area contributed by atoms with E-state index >= 15 is 0 Å². The maximum absolute atomic E-state index is 14.1. The number of carbonyl (C=O) groups is 2. The van der Waals surface area contributed by atoms with Gasteiger partial charge in [-0.1, -0.05) is 29.8 Å². The Bertz CT molecular complexity index is 1450. The molecule has 0 aliphatic carbocycles. The lowest BCUT2D eigenvalue weighted by Crippen LogP contribution is -2.53. The standard InChI is InChI=1S/C27H29ClN4O5S/c1-19(26(33)30-11-13-37-14-12-30)31-10-8-25(27(31)34)32(18-20-3-2-9-29-17-20)38(35,36)24-7-5-21-15-23(28)6-4-22(21)16-24/h2-7,9,15-17,19,25H,8,10-14,18H2,1H3/t19-,25?/m0/s1. The van der Waals surface area contributed by atoms with Gasteiger partial charge in [0.1, 0.15) is 12.1 Å². The maximum atomic E-state index is 14.1. The summed E-state index contributed by atoms with van der Waals surface area (Å²) in [5.41, 5.74) is 0.660. The van der Waals surface area contributed by atoms with Gasteiger partial charge in [-0.25, -0.2) is 8.42 Å². The molecule has 2 aromatic carbocycles. The molecule has 0 spiro atoms. The fourth-order valence-corrected chi connectivity index (χ4v) is 6.86. The number of rotatable bonds is 7. The summed E-state index contributed by atoms with van der Waals surface area (Å²) in [5, 5.41) is 2.10. The molecule has 0 N–H and O–H groups in total. The number of halogens is 1. The Hall–Kier alpha value is -3.05. The smallest absolute Gasteiger partial charge is 0.245 e. The molecule has 38 heavy (non-hydrogen) atoms. The fourth-order valence-electron chi connectivity index (χ4n) is 5.04. The third-order valence-corrected chi connectivity index (χ3v) is 9.23. The average molecular weight is 557 g/mol. The number of hydrogen-bond acceptors (Lipinski definition) is 6. The van der Waals surface area contributed by atoms with Crippen LogP contribution in [0.15, 0.2) is 65.8 Å². The van der Waals surface area contributed by atoms with E-state index in [1.807, 2.05) is 0 Å². The number of fused-ring (bicyclic) bond motifs is 1. The van der Waals surface area contributed by atoms with Gasteiger partial charge in [-0.2, -0.15) is 4.31 Å². The number of benzene rings is 2. The van der Waals surface area contributed by atoms with Gasteiger partial charge in [0.2, 0.25) is 21.8 Å². The van der Waals surface area contributed by atoms with Crippen molar-refractivity contribution in [2.24, 2.45) is 0 Å². The zero-order chi connectivity index (χ0) is 26.9. The monoisotopic (exact) mass is 556 g/mol. The van der Waals surface area contributed by atoms with Gasteiger partial charge in [-0.3, -0.25) is 14.6 Å². The molecule has 9 nitrogen and oxygen atoms in total. The Labute approximate surface area is 227 Å². The molecule has 0 radical (unpaired) electrons. The SMILES string of the molecule is C[C@@H](C(=O)N1CCOCC1)N1CCC(N(Cc2cccnc2)S(=O)(=O)c2ccc3cc(Cl)ccc3c2)C1=O. The third-order valence-electron chi connectivity index (χ3n) is 7.15. The van der Waals surface area contributed by atoms with Crippen LogP contribution in [0.1, 0.15) is 18.9 Å². The van der Waals surface area contributed by atoms with Crippen LogP contribution in [-0.4, -0.2) is 84.3 Å². The minimum atomic E-state index is -4.09. The van der Waals surface area contributed by atoms with E-state index in [2.05, 4.69) is 4.98 Å². The van der Waals surface area contributed by atoms with Crippen LogP contribution >= 0.6 is 11.6 Å². The number of nitrogens with zero attached hydrogens (tertiary/aromatic N) is 4. The van der Waals surface area contributed by atoms with E-state index in [4.69, 9.17) is 16.3 Å². The van der Waals surface area contributed by atoms with Gasteiger partial charge in [-0.15, -0.1) is 0 Å². The second-order valence-electron chi connectivity index (χ2n) is 9.51. The molecule has 1 unspecified atom stereocenters. The molecule has 0 saturated carbocycles. The van der Waals surface area contributed by atoms with E-state index in [1.54, 1.807) is 66.7 Å². The minimum Gasteiger partial charge on any atom is -0.378 e. The second-order valence-corrected chi connectivity index (χ2v) is 11.8. The van der Waals surface area contributed by atoms with Crippen molar-refractivity contribution in [3.05, 3.63) is 71.5 Å². The first kappa shape index (κ1) is 26.6. The number of ether oxygens (including phenoxy) is 1. The lowest BCUT2D eigenvalue weighted by molar-refractivity contribution is -0.146. The summed E-state index contributed by atoms with van der Waals surface area (Å²) in [6.45, 7) is 3.84. The number of sulfonamides is 1. The number of likely N-dealkylation sites (tertiary alicyclic amines) is 1. The van der Waals surface area contributed by atoms with Crippen LogP contribution < -0.4 is 0 Å². The van der Waals surface area contributed by atoms with Crippen molar-refractivity contribution in [1.29, 1.82) is 0 Å². The van der Waals surface area contributed by atoms with E-state index in [0.717, 1.165) is 10.8 Å². The van der Waals surface area contributed by atoms with E-state index in [-0.39, 0.29) is 36.2 Å². The van der Waals surface area contributed by atoms with Crippen LogP contribution in [0.25, 0.3) is 10.8 Å². The summed E-state index contributed by atoms with van der Waals surface area (Å²) in [5.74, 6) is -0.531. The van der Waals surface area contributed by atoms with Crippen LogP contribution in [0.4, 0.5) is 0 Å². The summed E-state index contributed by atoms with van der Waals surface area (Å²) in [7, 11) is -4.09. The molecular weight excluding hydrogens is 528 g/mol. The van der Waals surface area contributed by atoms with Crippen molar-refractivity contribution in [3.63, 3.8) is 0 Å². The van der Waals surface area contributed by atoms with Crippen LogP contribution in [-0.2, 0) is 30.9 Å². The molecule has 2 saturated heterocycles. The molecule has 2 aliphatic rings. The van der Waals surface area contributed by atoms with Crippen molar-refractivity contribution in [2.75, 3.05) is 32.8 Å². The number of aromatic nitrogens is 1. The minimum absolute atomic E-state index is 0.0230. The zero-order valence-corrected chi connectivity index (χ0v) is 22.6. The highest BCUT2D eigenvalue weighted by Crippen LogP contribution is 2.30. The summed E-state index contributed by atoms with van der Waals surface area (Å²) >= 11 is 6.09. The number of hydrogen-bond donors (Lipinski definition) is 0. The van der Waals surface area contributed by atoms with Crippen molar-refractivity contribution in [2.45, 2.75) is 36.9 Å². The number of morpholine rings is 1. The van der Waals surface area contributed by atoms with Gasteiger partial charge >= 0.3 is 0 Å².